The normalized spacial score (nSPS) is 12.6. The number of ketones is 1. The standard InChI is InChI=1S/C19H23O6P/c1-4-23-26(21,24-5-2)25-19(16-9-7-6-8-10-16)18(20)15-11-13-17(22-3)14-12-15/h6-14,19H,4-5H2,1-3H3. The van der Waals surface area contributed by atoms with E-state index in [1.165, 1.54) is 0 Å². The summed E-state index contributed by atoms with van der Waals surface area (Å²) in [6.45, 7) is 3.63. The Morgan fingerprint density at radius 2 is 1.54 bits per heavy atom. The molecule has 0 aromatic heterocycles. The van der Waals surface area contributed by atoms with Crippen molar-refractivity contribution in [2.24, 2.45) is 0 Å². The Balaban J connectivity index is 2.37. The fourth-order valence-electron chi connectivity index (χ4n) is 2.34. The van der Waals surface area contributed by atoms with Crippen LogP contribution in [0.4, 0.5) is 0 Å². The molecule has 0 N–H and O–H groups in total. The molecule has 1 unspecified atom stereocenters. The van der Waals surface area contributed by atoms with Gasteiger partial charge >= 0.3 is 7.82 Å². The number of carbonyl (C=O) groups excluding carboxylic acids is 1. The lowest BCUT2D eigenvalue weighted by Gasteiger charge is -2.23. The fraction of sp³-hybridized carbons (Fsp3) is 0.316. The molecule has 0 bridgehead atoms. The number of phosphoric acid groups is 1. The Morgan fingerprint density at radius 3 is 2.04 bits per heavy atom. The largest absolute Gasteiger partial charge is 0.497 e. The zero-order valence-electron chi connectivity index (χ0n) is 15.1. The molecule has 7 heteroatoms. The van der Waals surface area contributed by atoms with Gasteiger partial charge in [-0.25, -0.2) is 4.57 Å². The first-order chi connectivity index (χ1) is 12.5. The van der Waals surface area contributed by atoms with Crippen molar-refractivity contribution < 1.29 is 27.7 Å². The van der Waals surface area contributed by atoms with Crippen LogP contribution in [0.15, 0.2) is 54.6 Å². The molecule has 0 saturated carbocycles. The van der Waals surface area contributed by atoms with Crippen molar-refractivity contribution in [1.82, 2.24) is 0 Å². The van der Waals surface area contributed by atoms with E-state index in [4.69, 9.17) is 18.3 Å². The third-order valence-corrected chi connectivity index (χ3v) is 5.14. The average Bonchev–Trinajstić information content (AvgIpc) is 2.67. The van der Waals surface area contributed by atoms with E-state index in [1.807, 2.05) is 6.07 Å². The third kappa shape index (κ3) is 5.26. The number of benzene rings is 2. The first-order valence-electron chi connectivity index (χ1n) is 8.33. The highest BCUT2D eigenvalue weighted by Crippen LogP contribution is 2.53. The van der Waals surface area contributed by atoms with Crippen LogP contribution in [0.25, 0.3) is 0 Å². The van der Waals surface area contributed by atoms with Gasteiger partial charge in [-0.05, 0) is 43.7 Å². The average molecular weight is 378 g/mol. The summed E-state index contributed by atoms with van der Waals surface area (Å²) >= 11 is 0. The van der Waals surface area contributed by atoms with Crippen LogP contribution in [-0.2, 0) is 18.1 Å². The molecule has 0 heterocycles. The van der Waals surface area contributed by atoms with Crippen molar-refractivity contribution in [3.63, 3.8) is 0 Å². The van der Waals surface area contributed by atoms with Gasteiger partial charge in [0.25, 0.3) is 0 Å². The Bertz CT molecular complexity index is 734. The first-order valence-corrected chi connectivity index (χ1v) is 9.79. The molecule has 26 heavy (non-hydrogen) atoms. The monoisotopic (exact) mass is 378 g/mol. The van der Waals surface area contributed by atoms with Crippen LogP contribution in [-0.4, -0.2) is 26.1 Å². The van der Waals surface area contributed by atoms with Gasteiger partial charge in [-0.15, -0.1) is 0 Å². The summed E-state index contributed by atoms with van der Waals surface area (Å²) in [5.74, 6) is 0.284. The predicted molar refractivity (Wildman–Crippen MR) is 98.5 cm³/mol. The van der Waals surface area contributed by atoms with Crippen molar-refractivity contribution in [2.75, 3.05) is 20.3 Å². The minimum absolute atomic E-state index is 0.134. The Kier molecular flexibility index (Phi) is 7.54. The van der Waals surface area contributed by atoms with Gasteiger partial charge in [0, 0.05) is 5.56 Å². The van der Waals surface area contributed by atoms with Crippen molar-refractivity contribution in [3.8, 4) is 5.75 Å². The molecule has 0 saturated heterocycles. The van der Waals surface area contributed by atoms with Gasteiger partial charge in [-0.1, -0.05) is 30.3 Å². The van der Waals surface area contributed by atoms with Crippen LogP contribution in [0.2, 0.25) is 0 Å². The minimum Gasteiger partial charge on any atom is -0.497 e. The quantitative estimate of drug-likeness (QED) is 0.436. The van der Waals surface area contributed by atoms with Crippen LogP contribution in [0.3, 0.4) is 0 Å². The van der Waals surface area contributed by atoms with Crippen molar-refractivity contribution in [1.29, 1.82) is 0 Å². The predicted octanol–water partition coefficient (Wildman–Crippen LogP) is 4.82. The van der Waals surface area contributed by atoms with E-state index in [0.29, 0.717) is 16.9 Å². The maximum absolute atomic E-state index is 13.0. The van der Waals surface area contributed by atoms with E-state index in [2.05, 4.69) is 0 Å². The topological polar surface area (TPSA) is 71.1 Å². The fourth-order valence-corrected chi connectivity index (χ4v) is 3.64. The van der Waals surface area contributed by atoms with Gasteiger partial charge in [0.1, 0.15) is 5.75 Å². The van der Waals surface area contributed by atoms with Crippen LogP contribution < -0.4 is 4.74 Å². The van der Waals surface area contributed by atoms with Crippen LogP contribution >= 0.6 is 7.82 Å². The lowest BCUT2D eigenvalue weighted by molar-refractivity contribution is 0.0594. The zero-order valence-corrected chi connectivity index (χ0v) is 16.0. The lowest BCUT2D eigenvalue weighted by atomic mass is 10.00. The lowest BCUT2D eigenvalue weighted by Crippen LogP contribution is -2.17. The van der Waals surface area contributed by atoms with Gasteiger partial charge in [0.15, 0.2) is 11.9 Å². The molecular weight excluding hydrogens is 355 g/mol. The van der Waals surface area contributed by atoms with E-state index in [0.717, 1.165) is 0 Å². The highest BCUT2D eigenvalue weighted by molar-refractivity contribution is 7.48. The third-order valence-electron chi connectivity index (χ3n) is 3.52. The maximum atomic E-state index is 13.0. The van der Waals surface area contributed by atoms with E-state index in [1.54, 1.807) is 69.5 Å². The molecule has 0 radical (unpaired) electrons. The first kappa shape index (κ1) is 20.3. The van der Waals surface area contributed by atoms with Gasteiger partial charge < -0.3 is 4.74 Å². The van der Waals surface area contributed by atoms with E-state index >= 15 is 0 Å². The summed E-state index contributed by atoms with van der Waals surface area (Å²) in [5.41, 5.74) is 0.965. The molecule has 140 valence electrons. The summed E-state index contributed by atoms with van der Waals surface area (Å²) in [6, 6.07) is 15.5. The number of rotatable bonds is 10. The van der Waals surface area contributed by atoms with Crippen LogP contribution in [0.5, 0.6) is 5.75 Å². The number of hydrogen-bond donors (Lipinski definition) is 0. The second-order valence-corrected chi connectivity index (χ2v) is 6.89. The van der Waals surface area contributed by atoms with Crippen LogP contribution in [0, 0.1) is 0 Å². The second-order valence-electron chi connectivity index (χ2n) is 5.27. The highest BCUT2D eigenvalue weighted by Gasteiger charge is 2.35. The molecule has 2 rings (SSSR count). The number of carbonyl (C=O) groups is 1. The molecule has 0 spiro atoms. The molecule has 0 aliphatic heterocycles. The number of methoxy groups -OCH3 is 1. The highest BCUT2D eigenvalue weighted by atomic mass is 31.2. The van der Waals surface area contributed by atoms with E-state index < -0.39 is 13.9 Å². The second kappa shape index (κ2) is 9.64. The molecule has 2 aromatic rings. The SMILES string of the molecule is CCOP(=O)(OCC)OC(C(=O)c1ccc(OC)cc1)c1ccccc1. The Hall–Kier alpha value is -1.98. The molecule has 0 aliphatic rings. The van der Waals surface area contributed by atoms with Gasteiger partial charge in [0.05, 0.1) is 20.3 Å². The van der Waals surface area contributed by atoms with E-state index in [9.17, 15) is 9.36 Å². The van der Waals surface area contributed by atoms with Gasteiger partial charge in [0.2, 0.25) is 0 Å². The van der Waals surface area contributed by atoms with Crippen molar-refractivity contribution in [2.45, 2.75) is 20.0 Å². The molecule has 2 aromatic carbocycles. The number of phosphoric ester groups is 1. The zero-order chi connectivity index (χ0) is 19.0. The Morgan fingerprint density at radius 1 is 0.962 bits per heavy atom. The molecular formula is C19H23O6P. The summed E-state index contributed by atoms with van der Waals surface area (Å²) in [6.07, 6.45) is -1.12. The number of hydrogen-bond acceptors (Lipinski definition) is 6. The smallest absolute Gasteiger partial charge is 0.475 e. The van der Waals surface area contributed by atoms with Gasteiger partial charge in [-0.3, -0.25) is 18.4 Å². The van der Waals surface area contributed by atoms with Crippen LogP contribution in [0.1, 0.15) is 35.9 Å². The number of ether oxygens (including phenoxy) is 1. The molecule has 1 atom stereocenters. The van der Waals surface area contributed by atoms with Crippen molar-refractivity contribution in [3.05, 3.63) is 65.7 Å². The molecule has 6 nitrogen and oxygen atoms in total. The summed E-state index contributed by atoms with van der Waals surface area (Å²) in [5, 5.41) is 0. The molecule has 0 fully saturated rings. The van der Waals surface area contributed by atoms with Gasteiger partial charge in [-0.2, -0.15) is 0 Å². The molecule has 0 amide bonds. The molecule has 0 aliphatic carbocycles. The minimum atomic E-state index is -3.88. The summed E-state index contributed by atoms with van der Waals surface area (Å²) in [7, 11) is -2.33. The summed E-state index contributed by atoms with van der Waals surface area (Å²) in [4.78, 5) is 13.0. The van der Waals surface area contributed by atoms with E-state index in [-0.39, 0.29) is 19.0 Å². The Labute approximate surface area is 153 Å². The maximum Gasteiger partial charge on any atom is 0.475 e. The summed E-state index contributed by atoms with van der Waals surface area (Å²) < 4.78 is 33.9. The van der Waals surface area contributed by atoms with Crippen molar-refractivity contribution >= 4 is 13.6 Å². The number of Topliss-reactive ketones (excluding diaryl/α,β-unsaturated/α-hetero) is 1.